The van der Waals surface area contributed by atoms with E-state index < -0.39 is 0 Å². The zero-order valence-electron chi connectivity index (χ0n) is 9.74. The minimum atomic E-state index is 0.510. The van der Waals surface area contributed by atoms with E-state index >= 15 is 0 Å². The van der Waals surface area contributed by atoms with Gasteiger partial charge in [0, 0.05) is 6.04 Å². The van der Waals surface area contributed by atoms with Crippen LogP contribution in [0.3, 0.4) is 0 Å². The Kier molecular flexibility index (Phi) is 4.05. The Labute approximate surface area is 96.8 Å². The standard InChI is InChI=1S/C13H19NO2/c1-15-12-5-7-13(8-6-12)16-10-11-4-2-3-9-14-11/h5-8,11,14H,2-4,9-10H2,1H3/t11-/m1/s1. The van der Waals surface area contributed by atoms with Crippen LogP contribution in [-0.2, 0) is 0 Å². The fraction of sp³-hybridized carbons (Fsp3) is 0.538. The maximum atomic E-state index is 5.73. The molecule has 0 saturated carbocycles. The minimum absolute atomic E-state index is 0.510. The number of rotatable bonds is 4. The Hall–Kier alpha value is -1.22. The number of nitrogens with one attached hydrogen (secondary N) is 1. The topological polar surface area (TPSA) is 30.5 Å². The third kappa shape index (κ3) is 3.14. The van der Waals surface area contributed by atoms with Crippen molar-refractivity contribution in [2.45, 2.75) is 25.3 Å². The van der Waals surface area contributed by atoms with Crippen LogP contribution in [0.5, 0.6) is 11.5 Å². The molecule has 1 atom stereocenters. The molecule has 0 unspecified atom stereocenters. The first-order valence-corrected chi connectivity index (χ1v) is 5.89. The van der Waals surface area contributed by atoms with E-state index in [2.05, 4.69) is 5.32 Å². The number of ether oxygens (including phenoxy) is 2. The molecule has 1 N–H and O–H groups in total. The van der Waals surface area contributed by atoms with Gasteiger partial charge in [-0.1, -0.05) is 6.42 Å². The second kappa shape index (κ2) is 5.75. The molecule has 0 amide bonds. The summed E-state index contributed by atoms with van der Waals surface area (Å²) in [6, 6.07) is 8.24. The Balaban J connectivity index is 1.79. The average Bonchev–Trinajstić information content (AvgIpc) is 2.38. The summed E-state index contributed by atoms with van der Waals surface area (Å²) in [6.45, 7) is 1.88. The van der Waals surface area contributed by atoms with Gasteiger partial charge in [0.25, 0.3) is 0 Å². The van der Waals surface area contributed by atoms with Crippen molar-refractivity contribution >= 4 is 0 Å². The first-order chi connectivity index (χ1) is 7.88. The van der Waals surface area contributed by atoms with Crippen LogP contribution in [-0.4, -0.2) is 26.3 Å². The van der Waals surface area contributed by atoms with Crippen molar-refractivity contribution in [2.24, 2.45) is 0 Å². The van der Waals surface area contributed by atoms with E-state index in [1.54, 1.807) is 7.11 Å². The molecule has 0 radical (unpaired) electrons. The van der Waals surface area contributed by atoms with Crippen molar-refractivity contribution in [3.8, 4) is 11.5 Å². The summed E-state index contributed by atoms with van der Waals surface area (Å²) in [4.78, 5) is 0. The molecule has 88 valence electrons. The van der Waals surface area contributed by atoms with E-state index in [4.69, 9.17) is 9.47 Å². The van der Waals surface area contributed by atoms with Crippen LogP contribution in [0.2, 0.25) is 0 Å². The second-order valence-electron chi connectivity index (χ2n) is 4.13. The predicted molar refractivity (Wildman–Crippen MR) is 64.1 cm³/mol. The van der Waals surface area contributed by atoms with Crippen LogP contribution >= 0.6 is 0 Å². The van der Waals surface area contributed by atoms with Gasteiger partial charge in [-0.15, -0.1) is 0 Å². The number of hydrogen-bond acceptors (Lipinski definition) is 3. The van der Waals surface area contributed by atoms with Crippen LogP contribution in [0.4, 0.5) is 0 Å². The van der Waals surface area contributed by atoms with Gasteiger partial charge in [0.2, 0.25) is 0 Å². The Morgan fingerprint density at radius 2 is 1.94 bits per heavy atom. The number of piperidine rings is 1. The Bertz CT molecular complexity index is 304. The summed E-state index contributed by atoms with van der Waals surface area (Å²) in [5, 5.41) is 3.46. The largest absolute Gasteiger partial charge is 0.497 e. The maximum absolute atomic E-state index is 5.73. The van der Waals surface area contributed by atoms with Crippen molar-refractivity contribution in [1.82, 2.24) is 5.32 Å². The van der Waals surface area contributed by atoms with Gasteiger partial charge in [0.15, 0.2) is 0 Å². The molecular weight excluding hydrogens is 202 g/mol. The molecule has 0 aromatic heterocycles. The minimum Gasteiger partial charge on any atom is -0.497 e. The molecule has 3 heteroatoms. The van der Waals surface area contributed by atoms with E-state index in [1.165, 1.54) is 19.3 Å². The molecule has 0 bridgehead atoms. The van der Waals surface area contributed by atoms with Gasteiger partial charge in [-0.05, 0) is 43.7 Å². The predicted octanol–water partition coefficient (Wildman–Crippen LogP) is 2.22. The van der Waals surface area contributed by atoms with Crippen molar-refractivity contribution < 1.29 is 9.47 Å². The first-order valence-electron chi connectivity index (χ1n) is 5.89. The summed E-state index contributed by atoms with van der Waals surface area (Å²) >= 11 is 0. The van der Waals surface area contributed by atoms with Crippen molar-refractivity contribution in [3.05, 3.63) is 24.3 Å². The molecule has 1 aromatic rings. The quantitative estimate of drug-likeness (QED) is 0.845. The van der Waals surface area contributed by atoms with Crippen molar-refractivity contribution in [1.29, 1.82) is 0 Å². The SMILES string of the molecule is COc1ccc(OC[C@H]2CCCCN2)cc1. The van der Waals surface area contributed by atoms with E-state index in [0.717, 1.165) is 24.7 Å². The molecule has 1 aromatic carbocycles. The fourth-order valence-corrected chi connectivity index (χ4v) is 1.94. The first kappa shape index (κ1) is 11.3. The van der Waals surface area contributed by atoms with E-state index in [0.29, 0.717) is 6.04 Å². The molecular formula is C13H19NO2. The highest BCUT2D eigenvalue weighted by Crippen LogP contribution is 2.17. The lowest BCUT2D eigenvalue weighted by atomic mass is 10.1. The molecule has 1 aliphatic rings. The third-order valence-corrected chi connectivity index (χ3v) is 2.92. The van der Waals surface area contributed by atoms with Crippen LogP contribution in [0, 0.1) is 0 Å². The van der Waals surface area contributed by atoms with E-state index in [-0.39, 0.29) is 0 Å². The molecule has 1 fully saturated rings. The summed E-state index contributed by atoms with van der Waals surface area (Å²) in [5.41, 5.74) is 0. The Morgan fingerprint density at radius 1 is 1.19 bits per heavy atom. The van der Waals surface area contributed by atoms with Crippen LogP contribution in [0.15, 0.2) is 24.3 Å². The molecule has 1 aliphatic heterocycles. The number of hydrogen-bond donors (Lipinski definition) is 1. The molecule has 0 aliphatic carbocycles. The normalized spacial score (nSPS) is 20.4. The van der Waals surface area contributed by atoms with Gasteiger partial charge >= 0.3 is 0 Å². The summed E-state index contributed by atoms with van der Waals surface area (Å²) in [7, 11) is 1.67. The molecule has 0 spiro atoms. The fourth-order valence-electron chi connectivity index (χ4n) is 1.94. The monoisotopic (exact) mass is 221 g/mol. The third-order valence-electron chi connectivity index (χ3n) is 2.92. The number of benzene rings is 1. The molecule has 16 heavy (non-hydrogen) atoms. The molecule has 3 nitrogen and oxygen atoms in total. The lowest BCUT2D eigenvalue weighted by molar-refractivity contribution is 0.239. The molecule has 1 heterocycles. The summed E-state index contributed by atoms with van der Waals surface area (Å²) in [6.07, 6.45) is 3.82. The van der Waals surface area contributed by atoms with E-state index in [9.17, 15) is 0 Å². The number of methoxy groups -OCH3 is 1. The maximum Gasteiger partial charge on any atom is 0.119 e. The zero-order valence-corrected chi connectivity index (χ0v) is 9.74. The summed E-state index contributed by atoms with van der Waals surface area (Å²) in [5.74, 6) is 1.77. The lowest BCUT2D eigenvalue weighted by Crippen LogP contribution is -2.38. The summed E-state index contributed by atoms with van der Waals surface area (Å²) < 4.78 is 10.8. The lowest BCUT2D eigenvalue weighted by Gasteiger charge is -2.23. The zero-order chi connectivity index (χ0) is 11.2. The van der Waals surface area contributed by atoms with Crippen LogP contribution in [0.25, 0.3) is 0 Å². The molecule has 1 saturated heterocycles. The van der Waals surface area contributed by atoms with Gasteiger partial charge in [-0.3, -0.25) is 0 Å². The highest BCUT2D eigenvalue weighted by Gasteiger charge is 2.12. The van der Waals surface area contributed by atoms with Crippen LogP contribution < -0.4 is 14.8 Å². The Morgan fingerprint density at radius 3 is 2.56 bits per heavy atom. The second-order valence-corrected chi connectivity index (χ2v) is 4.13. The van der Waals surface area contributed by atoms with Crippen LogP contribution in [0.1, 0.15) is 19.3 Å². The van der Waals surface area contributed by atoms with Gasteiger partial charge in [-0.2, -0.15) is 0 Å². The highest BCUT2D eigenvalue weighted by molar-refractivity contribution is 5.31. The molecule has 2 rings (SSSR count). The van der Waals surface area contributed by atoms with Crippen molar-refractivity contribution in [2.75, 3.05) is 20.3 Å². The van der Waals surface area contributed by atoms with Gasteiger partial charge in [0.1, 0.15) is 18.1 Å². The van der Waals surface area contributed by atoms with Gasteiger partial charge in [0.05, 0.1) is 7.11 Å². The highest BCUT2D eigenvalue weighted by atomic mass is 16.5. The van der Waals surface area contributed by atoms with Gasteiger partial charge < -0.3 is 14.8 Å². The van der Waals surface area contributed by atoms with Gasteiger partial charge in [-0.25, -0.2) is 0 Å². The average molecular weight is 221 g/mol. The smallest absolute Gasteiger partial charge is 0.119 e. The van der Waals surface area contributed by atoms with E-state index in [1.807, 2.05) is 24.3 Å². The van der Waals surface area contributed by atoms with Crippen molar-refractivity contribution in [3.63, 3.8) is 0 Å².